The predicted octanol–water partition coefficient (Wildman–Crippen LogP) is 1.93. The SMILES string of the molecule is Cc1ccc(N)cc1C(=O)N1CCN(Cc2ccncc2)CC1. The van der Waals surface area contributed by atoms with E-state index in [9.17, 15) is 4.79 Å². The van der Waals surface area contributed by atoms with E-state index in [0.717, 1.165) is 38.3 Å². The van der Waals surface area contributed by atoms with E-state index in [1.165, 1.54) is 5.56 Å². The summed E-state index contributed by atoms with van der Waals surface area (Å²) in [5.74, 6) is 0.0818. The quantitative estimate of drug-likeness (QED) is 0.880. The zero-order chi connectivity index (χ0) is 16.2. The second-order valence-electron chi connectivity index (χ2n) is 6.00. The Labute approximate surface area is 136 Å². The number of carbonyl (C=O) groups is 1. The second-order valence-corrected chi connectivity index (χ2v) is 6.00. The van der Waals surface area contributed by atoms with E-state index in [-0.39, 0.29) is 5.91 Å². The summed E-state index contributed by atoms with van der Waals surface area (Å²) >= 11 is 0. The number of pyridine rings is 1. The van der Waals surface area contributed by atoms with Crippen molar-refractivity contribution in [2.24, 2.45) is 0 Å². The molecule has 2 aromatic rings. The van der Waals surface area contributed by atoms with Gasteiger partial charge in [0, 0.05) is 56.4 Å². The lowest BCUT2D eigenvalue weighted by atomic mass is 10.1. The largest absolute Gasteiger partial charge is 0.399 e. The molecule has 1 aliphatic heterocycles. The Morgan fingerprint density at radius 1 is 1.13 bits per heavy atom. The zero-order valence-electron chi connectivity index (χ0n) is 13.4. The molecule has 0 unspecified atom stereocenters. The molecule has 3 rings (SSSR count). The molecule has 0 spiro atoms. The number of hydrogen-bond acceptors (Lipinski definition) is 4. The molecule has 120 valence electrons. The highest BCUT2D eigenvalue weighted by Gasteiger charge is 2.23. The summed E-state index contributed by atoms with van der Waals surface area (Å²) in [5, 5.41) is 0. The van der Waals surface area contributed by atoms with Crippen molar-refractivity contribution in [3.05, 3.63) is 59.4 Å². The third-order valence-corrected chi connectivity index (χ3v) is 4.31. The molecule has 1 saturated heterocycles. The Morgan fingerprint density at radius 2 is 1.83 bits per heavy atom. The van der Waals surface area contributed by atoms with Gasteiger partial charge >= 0.3 is 0 Å². The van der Waals surface area contributed by atoms with Gasteiger partial charge in [0.05, 0.1) is 0 Å². The molecule has 1 fully saturated rings. The predicted molar refractivity (Wildman–Crippen MR) is 91.0 cm³/mol. The molecule has 2 heterocycles. The van der Waals surface area contributed by atoms with Crippen LogP contribution in [0.1, 0.15) is 21.5 Å². The summed E-state index contributed by atoms with van der Waals surface area (Å²) in [6, 6.07) is 9.59. The fourth-order valence-corrected chi connectivity index (χ4v) is 2.90. The molecule has 0 bridgehead atoms. The van der Waals surface area contributed by atoms with Crippen LogP contribution in [0.3, 0.4) is 0 Å². The highest BCUT2D eigenvalue weighted by atomic mass is 16.2. The van der Waals surface area contributed by atoms with Crippen molar-refractivity contribution in [2.45, 2.75) is 13.5 Å². The summed E-state index contributed by atoms with van der Waals surface area (Å²) in [4.78, 5) is 21.0. The van der Waals surface area contributed by atoms with E-state index in [1.54, 1.807) is 6.07 Å². The number of nitrogen functional groups attached to an aromatic ring is 1. The van der Waals surface area contributed by atoms with E-state index in [0.29, 0.717) is 11.3 Å². The monoisotopic (exact) mass is 310 g/mol. The Balaban J connectivity index is 1.60. The lowest BCUT2D eigenvalue weighted by Gasteiger charge is -2.35. The number of anilines is 1. The van der Waals surface area contributed by atoms with Crippen LogP contribution >= 0.6 is 0 Å². The smallest absolute Gasteiger partial charge is 0.254 e. The van der Waals surface area contributed by atoms with Crippen LogP contribution in [0.2, 0.25) is 0 Å². The molecule has 0 saturated carbocycles. The van der Waals surface area contributed by atoms with Gasteiger partial charge in [-0.3, -0.25) is 14.7 Å². The van der Waals surface area contributed by atoms with Crippen molar-refractivity contribution >= 4 is 11.6 Å². The number of nitrogens with zero attached hydrogens (tertiary/aromatic N) is 3. The average molecular weight is 310 g/mol. The molecule has 5 heteroatoms. The first-order valence-electron chi connectivity index (χ1n) is 7.90. The van der Waals surface area contributed by atoms with Crippen LogP contribution in [0.5, 0.6) is 0 Å². The molecule has 2 N–H and O–H groups in total. The second kappa shape index (κ2) is 6.79. The van der Waals surface area contributed by atoms with E-state index in [1.807, 2.05) is 48.5 Å². The van der Waals surface area contributed by atoms with Crippen LogP contribution in [-0.4, -0.2) is 46.9 Å². The molecular formula is C18H22N4O. The first-order chi connectivity index (χ1) is 11.1. The maximum absolute atomic E-state index is 12.7. The van der Waals surface area contributed by atoms with Crippen LogP contribution in [0.4, 0.5) is 5.69 Å². The van der Waals surface area contributed by atoms with Gasteiger partial charge in [0.15, 0.2) is 0 Å². The van der Waals surface area contributed by atoms with Crippen molar-refractivity contribution < 1.29 is 4.79 Å². The van der Waals surface area contributed by atoms with E-state index < -0.39 is 0 Å². The lowest BCUT2D eigenvalue weighted by molar-refractivity contribution is 0.0628. The minimum atomic E-state index is 0.0818. The molecule has 1 aromatic carbocycles. The fraction of sp³-hybridized carbons (Fsp3) is 0.333. The minimum absolute atomic E-state index is 0.0818. The van der Waals surface area contributed by atoms with Crippen LogP contribution in [0.25, 0.3) is 0 Å². The number of aromatic nitrogens is 1. The minimum Gasteiger partial charge on any atom is -0.399 e. The van der Waals surface area contributed by atoms with Gasteiger partial charge in [0.2, 0.25) is 0 Å². The third kappa shape index (κ3) is 3.68. The van der Waals surface area contributed by atoms with Crippen LogP contribution in [0, 0.1) is 6.92 Å². The van der Waals surface area contributed by atoms with Crippen molar-refractivity contribution in [1.82, 2.24) is 14.8 Å². The van der Waals surface area contributed by atoms with Crippen LogP contribution in [0.15, 0.2) is 42.7 Å². The summed E-state index contributed by atoms with van der Waals surface area (Å²) in [7, 11) is 0. The Morgan fingerprint density at radius 3 is 2.52 bits per heavy atom. The Bertz CT molecular complexity index is 679. The van der Waals surface area contributed by atoms with Gasteiger partial charge in [0.25, 0.3) is 5.91 Å². The molecule has 5 nitrogen and oxygen atoms in total. The summed E-state index contributed by atoms with van der Waals surface area (Å²) in [5.41, 5.74) is 9.40. The average Bonchev–Trinajstić information content (AvgIpc) is 2.58. The van der Waals surface area contributed by atoms with Crippen molar-refractivity contribution in [2.75, 3.05) is 31.9 Å². The molecule has 1 aliphatic rings. The van der Waals surface area contributed by atoms with Crippen molar-refractivity contribution in [3.63, 3.8) is 0 Å². The maximum atomic E-state index is 12.7. The number of rotatable bonds is 3. The molecule has 23 heavy (non-hydrogen) atoms. The number of amides is 1. The number of benzene rings is 1. The maximum Gasteiger partial charge on any atom is 0.254 e. The third-order valence-electron chi connectivity index (χ3n) is 4.31. The van der Waals surface area contributed by atoms with Gasteiger partial charge in [0.1, 0.15) is 0 Å². The number of hydrogen-bond donors (Lipinski definition) is 1. The van der Waals surface area contributed by atoms with Gasteiger partial charge in [-0.15, -0.1) is 0 Å². The van der Waals surface area contributed by atoms with Crippen LogP contribution in [-0.2, 0) is 6.54 Å². The standard InChI is InChI=1S/C18H22N4O/c1-14-2-3-16(19)12-17(14)18(23)22-10-8-21(9-11-22)13-15-4-6-20-7-5-15/h2-7,12H,8-11,13,19H2,1H3. The topological polar surface area (TPSA) is 62.5 Å². The number of carbonyl (C=O) groups excluding carboxylic acids is 1. The molecule has 0 radical (unpaired) electrons. The molecular weight excluding hydrogens is 288 g/mol. The normalized spacial score (nSPS) is 15.6. The molecule has 1 amide bonds. The Kier molecular flexibility index (Phi) is 4.57. The van der Waals surface area contributed by atoms with Gasteiger partial charge in [-0.05, 0) is 42.3 Å². The van der Waals surface area contributed by atoms with Crippen molar-refractivity contribution in [1.29, 1.82) is 0 Å². The number of aryl methyl sites for hydroxylation is 1. The molecule has 1 aromatic heterocycles. The highest BCUT2D eigenvalue weighted by Crippen LogP contribution is 2.17. The molecule has 0 aliphatic carbocycles. The first kappa shape index (κ1) is 15.5. The summed E-state index contributed by atoms with van der Waals surface area (Å²) < 4.78 is 0. The van der Waals surface area contributed by atoms with E-state index in [2.05, 4.69) is 9.88 Å². The molecule has 0 atom stereocenters. The highest BCUT2D eigenvalue weighted by molar-refractivity contribution is 5.96. The van der Waals surface area contributed by atoms with Crippen LogP contribution < -0.4 is 5.73 Å². The first-order valence-corrected chi connectivity index (χ1v) is 7.90. The van der Waals surface area contributed by atoms with Gasteiger partial charge in [-0.25, -0.2) is 0 Å². The number of nitrogens with two attached hydrogens (primary N) is 1. The van der Waals surface area contributed by atoms with Crippen molar-refractivity contribution in [3.8, 4) is 0 Å². The van der Waals surface area contributed by atoms with Gasteiger partial charge in [-0.2, -0.15) is 0 Å². The van der Waals surface area contributed by atoms with E-state index >= 15 is 0 Å². The summed E-state index contributed by atoms with van der Waals surface area (Å²) in [6.07, 6.45) is 3.63. The van der Waals surface area contributed by atoms with Gasteiger partial charge < -0.3 is 10.6 Å². The summed E-state index contributed by atoms with van der Waals surface area (Å²) in [6.45, 7) is 6.12. The van der Waals surface area contributed by atoms with Gasteiger partial charge in [-0.1, -0.05) is 6.07 Å². The zero-order valence-corrected chi connectivity index (χ0v) is 13.4. The lowest BCUT2D eigenvalue weighted by Crippen LogP contribution is -2.48. The fourth-order valence-electron chi connectivity index (χ4n) is 2.90. The Hall–Kier alpha value is -2.40. The number of piperazine rings is 1. The van der Waals surface area contributed by atoms with E-state index in [4.69, 9.17) is 5.73 Å².